The SMILES string of the molecule is CN=C(NCc1nc(C)no1)NC1CC=CC1. The Kier molecular flexibility index (Phi) is 3.74. The van der Waals surface area contributed by atoms with E-state index in [4.69, 9.17) is 4.52 Å². The minimum atomic E-state index is 0.436. The van der Waals surface area contributed by atoms with E-state index in [9.17, 15) is 0 Å². The third-order valence-corrected chi connectivity index (χ3v) is 2.55. The van der Waals surface area contributed by atoms with Gasteiger partial charge in [-0.2, -0.15) is 4.98 Å². The predicted octanol–water partition coefficient (Wildman–Crippen LogP) is 0.762. The van der Waals surface area contributed by atoms with E-state index in [2.05, 4.69) is 37.9 Å². The summed E-state index contributed by atoms with van der Waals surface area (Å²) < 4.78 is 5.01. The normalized spacial score (nSPS) is 16.5. The zero-order chi connectivity index (χ0) is 12.1. The molecule has 0 unspecified atom stereocenters. The highest BCUT2D eigenvalue weighted by Gasteiger charge is 2.12. The minimum Gasteiger partial charge on any atom is -0.353 e. The van der Waals surface area contributed by atoms with E-state index in [1.165, 1.54) is 0 Å². The maximum Gasteiger partial charge on any atom is 0.246 e. The lowest BCUT2D eigenvalue weighted by Gasteiger charge is -2.15. The summed E-state index contributed by atoms with van der Waals surface area (Å²) in [5, 5.41) is 10.2. The van der Waals surface area contributed by atoms with Gasteiger partial charge in [-0.25, -0.2) is 0 Å². The molecular weight excluding hydrogens is 218 g/mol. The zero-order valence-corrected chi connectivity index (χ0v) is 10.1. The maximum atomic E-state index is 5.01. The quantitative estimate of drug-likeness (QED) is 0.459. The van der Waals surface area contributed by atoms with Gasteiger partial charge < -0.3 is 15.2 Å². The van der Waals surface area contributed by atoms with E-state index >= 15 is 0 Å². The molecule has 1 aliphatic carbocycles. The van der Waals surface area contributed by atoms with Crippen LogP contribution in [0.15, 0.2) is 21.7 Å². The second-order valence-corrected chi connectivity index (χ2v) is 3.95. The van der Waals surface area contributed by atoms with Gasteiger partial charge in [-0.3, -0.25) is 4.99 Å². The second kappa shape index (κ2) is 5.47. The summed E-state index contributed by atoms with van der Waals surface area (Å²) >= 11 is 0. The molecule has 0 aromatic carbocycles. The Labute approximate surface area is 100 Å². The van der Waals surface area contributed by atoms with Crippen molar-refractivity contribution >= 4 is 5.96 Å². The number of aryl methyl sites for hydroxylation is 1. The zero-order valence-electron chi connectivity index (χ0n) is 10.1. The van der Waals surface area contributed by atoms with E-state index in [1.54, 1.807) is 14.0 Å². The van der Waals surface area contributed by atoms with Gasteiger partial charge in [0.15, 0.2) is 11.8 Å². The Morgan fingerprint density at radius 1 is 1.53 bits per heavy atom. The van der Waals surface area contributed by atoms with Crippen LogP contribution in [0.3, 0.4) is 0 Å². The van der Waals surface area contributed by atoms with Crippen molar-refractivity contribution < 1.29 is 4.52 Å². The molecule has 17 heavy (non-hydrogen) atoms. The largest absolute Gasteiger partial charge is 0.353 e. The number of rotatable bonds is 3. The van der Waals surface area contributed by atoms with Crippen molar-refractivity contribution in [2.45, 2.75) is 32.4 Å². The lowest BCUT2D eigenvalue weighted by Crippen LogP contribution is -2.42. The molecule has 2 N–H and O–H groups in total. The predicted molar refractivity (Wildman–Crippen MR) is 64.5 cm³/mol. The Bertz CT molecular complexity index is 415. The van der Waals surface area contributed by atoms with E-state index in [0.717, 1.165) is 18.8 Å². The van der Waals surface area contributed by atoms with E-state index in [-0.39, 0.29) is 0 Å². The summed E-state index contributed by atoms with van der Waals surface area (Å²) in [4.78, 5) is 8.26. The second-order valence-electron chi connectivity index (χ2n) is 3.95. The smallest absolute Gasteiger partial charge is 0.246 e. The van der Waals surface area contributed by atoms with Gasteiger partial charge in [0, 0.05) is 13.1 Å². The third-order valence-electron chi connectivity index (χ3n) is 2.55. The fourth-order valence-electron chi connectivity index (χ4n) is 1.69. The van der Waals surface area contributed by atoms with Crippen molar-refractivity contribution in [3.05, 3.63) is 23.9 Å². The number of aromatic nitrogens is 2. The van der Waals surface area contributed by atoms with Gasteiger partial charge in [0.2, 0.25) is 5.89 Å². The number of nitrogens with zero attached hydrogens (tertiary/aromatic N) is 3. The first kappa shape index (κ1) is 11.6. The summed E-state index contributed by atoms with van der Waals surface area (Å²) in [6.07, 6.45) is 6.43. The highest BCUT2D eigenvalue weighted by molar-refractivity contribution is 5.79. The molecule has 0 saturated carbocycles. The van der Waals surface area contributed by atoms with Gasteiger partial charge in [0.25, 0.3) is 0 Å². The van der Waals surface area contributed by atoms with Crippen LogP contribution in [0.25, 0.3) is 0 Å². The molecule has 1 aliphatic rings. The average Bonchev–Trinajstić information content (AvgIpc) is 2.96. The third kappa shape index (κ3) is 3.30. The van der Waals surface area contributed by atoms with Crippen LogP contribution in [0.5, 0.6) is 0 Å². The van der Waals surface area contributed by atoms with Crippen molar-refractivity contribution in [2.75, 3.05) is 7.05 Å². The molecule has 0 radical (unpaired) electrons. The van der Waals surface area contributed by atoms with Gasteiger partial charge in [0.1, 0.15) is 0 Å². The first-order chi connectivity index (χ1) is 8.28. The van der Waals surface area contributed by atoms with Gasteiger partial charge in [-0.05, 0) is 19.8 Å². The number of hydrogen-bond donors (Lipinski definition) is 2. The summed E-state index contributed by atoms with van der Waals surface area (Å²) in [5.74, 6) is 1.97. The average molecular weight is 235 g/mol. The first-order valence-corrected chi connectivity index (χ1v) is 5.69. The van der Waals surface area contributed by atoms with Crippen LogP contribution in [-0.4, -0.2) is 29.2 Å². The summed E-state index contributed by atoms with van der Waals surface area (Å²) in [6.45, 7) is 2.28. The summed E-state index contributed by atoms with van der Waals surface area (Å²) in [7, 11) is 1.75. The van der Waals surface area contributed by atoms with Crippen LogP contribution < -0.4 is 10.6 Å². The van der Waals surface area contributed by atoms with Gasteiger partial charge >= 0.3 is 0 Å². The fourth-order valence-corrected chi connectivity index (χ4v) is 1.69. The van der Waals surface area contributed by atoms with Crippen molar-refractivity contribution in [2.24, 2.45) is 4.99 Å². The lowest BCUT2D eigenvalue weighted by atomic mass is 10.2. The van der Waals surface area contributed by atoms with Crippen LogP contribution in [0.2, 0.25) is 0 Å². The molecule has 0 fully saturated rings. The molecule has 0 atom stereocenters. The van der Waals surface area contributed by atoms with Gasteiger partial charge in [-0.1, -0.05) is 17.3 Å². The molecule has 1 aromatic heterocycles. The fraction of sp³-hybridized carbons (Fsp3) is 0.545. The van der Waals surface area contributed by atoms with Crippen molar-refractivity contribution in [1.29, 1.82) is 0 Å². The molecule has 6 nitrogen and oxygen atoms in total. The minimum absolute atomic E-state index is 0.436. The van der Waals surface area contributed by atoms with Crippen LogP contribution in [0.1, 0.15) is 24.6 Å². The highest BCUT2D eigenvalue weighted by atomic mass is 16.5. The molecule has 0 amide bonds. The standard InChI is InChI=1S/C11H17N5O/c1-8-14-10(17-16-8)7-13-11(12-2)15-9-5-3-4-6-9/h3-4,9H,5-7H2,1-2H3,(H2,12,13,15). The van der Waals surface area contributed by atoms with Gasteiger partial charge in [0.05, 0.1) is 6.54 Å². The molecule has 92 valence electrons. The monoisotopic (exact) mass is 235 g/mol. The Hall–Kier alpha value is -1.85. The maximum absolute atomic E-state index is 5.01. The van der Waals surface area contributed by atoms with E-state index < -0.39 is 0 Å². The molecule has 1 heterocycles. The lowest BCUT2D eigenvalue weighted by molar-refractivity contribution is 0.371. The van der Waals surface area contributed by atoms with Crippen LogP contribution >= 0.6 is 0 Å². The Morgan fingerprint density at radius 2 is 2.29 bits per heavy atom. The van der Waals surface area contributed by atoms with Crippen LogP contribution in [-0.2, 0) is 6.54 Å². The molecule has 0 saturated heterocycles. The molecule has 2 rings (SSSR count). The number of guanidine groups is 1. The van der Waals surface area contributed by atoms with Crippen LogP contribution in [0, 0.1) is 6.92 Å². The summed E-state index contributed by atoms with van der Waals surface area (Å²) in [5.41, 5.74) is 0. The van der Waals surface area contributed by atoms with Crippen molar-refractivity contribution in [3.63, 3.8) is 0 Å². The number of aliphatic imine (C=N–C) groups is 1. The molecular formula is C11H17N5O. The molecule has 0 spiro atoms. The molecule has 0 bridgehead atoms. The van der Waals surface area contributed by atoms with Crippen molar-refractivity contribution in [1.82, 2.24) is 20.8 Å². The topological polar surface area (TPSA) is 75.3 Å². The van der Waals surface area contributed by atoms with Gasteiger partial charge in [-0.15, -0.1) is 0 Å². The molecule has 0 aliphatic heterocycles. The van der Waals surface area contributed by atoms with Crippen LogP contribution in [0.4, 0.5) is 0 Å². The molecule has 6 heteroatoms. The summed E-state index contributed by atoms with van der Waals surface area (Å²) in [6, 6.07) is 0.436. The highest BCUT2D eigenvalue weighted by Crippen LogP contribution is 2.08. The number of nitrogens with one attached hydrogen (secondary N) is 2. The first-order valence-electron chi connectivity index (χ1n) is 5.69. The Morgan fingerprint density at radius 3 is 2.88 bits per heavy atom. The van der Waals surface area contributed by atoms with E-state index in [0.29, 0.717) is 24.3 Å². The molecule has 1 aromatic rings. The van der Waals surface area contributed by atoms with E-state index in [1.807, 2.05) is 0 Å². The van der Waals surface area contributed by atoms with Crippen molar-refractivity contribution in [3.8, 4) is 0 Å². The number of hydrogen-bond acceptors (Lipinski definition) is 4. The Balaban J connectivity index is 1.79.